The van der Waals surface area contributed by atoms with Crippen LogP contribution < -0.4 is 10.1 Å². The van der Waals surface area contributed by atoms with E-state index in [0.717, 1.165) is 27.9 Å². The van der Waals surface area contributed by atoms with Crippen LogP contribution in [0.4, 0.5) is 5.69 Å². The number of hydrogen-bond acceptors (Lipinski definition) is 5. The number of aryl methyl sites for hydroxylation is 1. The fourth-order valence-electron chi connectivity index (χ4n) is 2.60. The maximum absolute atomic E-state index is 12.7. The van der Waals surface area contributed by atoms with Crippen molar-refractivity contribution in [2.24, 2.45) is 5.92 Å². The van der Waals surface area contributed by atoms with Gasteiger partial charge in [0.05, 0.1) is 6.61 Å². The number of carbonyl (C=O) groups is 1. The van der Waals surface area contributed by atoms with Crippen molar-refractivity contribution < 1.29 is 9.53 Å². The number of rotatable bonds is 6. The number of anilines is 1. The molecule has 1 amide bonds. The lowest BCUT2D eigenvalue weighted by Gasteiger charge is -2.10. The quantitative estimate of drug-likeness (QED) is 0.691. The summed E-state index contributed by atoms with van der Waals surface area (Å²) in [4.78, 5) is 14.1. The molecule has 0 atom stereocenters. The molecular weight excluding hydrogens is 348 g/mol. The summed E-state index contributed by atoms with van der Waals surface area (Å²) >= 11 is 1.36. The molecule has 26 heavy (non-hydrogen) atoms. The topological polar surface area (TPSA) is 68.5 Å². The average molecular weight is 372 g/mol. The standard InChI is InChI=1S/C19H24N4O2S/c1-11(2)10-25-15-8-6-14(7-9-15)20-18(24)16-13(5)23-17(12(3)4)21-22-19(23)26-16/h6-9,11-12H,10H2,1-5H3,(H,20,24). The molecule has 1 N–H and O–H groups in total. The summed E-state index contributed by atoms with van der Waals surface area (Å²) in [5.41, 5.74) is 1.60. The van der Waals surface area contributed by atoms with Crippen molar-refractivity contribution in [2.45, 2.75) is 40.5 Å². The second-order valence-corrected chi connectivity index (χ2v) is 8.01. The largest absolute Gasteiger partial charge is 0.493 e. The van der Waals surface area contributed by atoms with E-state index >= 15 is 0 Å². The monoisotopic (exact) mass is 372 g/mol. The first kappa shape index (κ1) is 18.4. The highest BCUT2D eigenvalue weighted by Crippen LogP contribution is 2.26. The van der Waals surface area contributed by atoms with Crippen LogP contribution in [-0.4, -0.2) is 27.1 Å². The summed E-state index contributed by atoms with van der Waals surface area (Å²) in [7, 11) is 0. The van der Waals surface area contributed by atoms with E-state index in [1.807, 2.05) is 35.6 Å². The zero-order valence-electron chi connectivity index (χ0n) is 15.7. The van der Waals surface area contributed by atoms with Crippen molar-refractivity contribution in [2.75, 3.05) is 11.9 Å². The van der Waals surface area contributed by atoms with Crippen molar-refractivity contribution in [3.05, 3.63) is 40.7 Å². The molecule has 0 saturated heterocycles. The molecule has 0 fully saturated rings. The summed E-state index contributed by atoms with van der Waals surface area (Å²) in [6.07, 6.45) is 0. The third kappa shape index (κ3) is 3.72. The van der Waals surface area contributed by atoms with E-state index in [-0.39, 0.29) is 11.8 Å². The van der Waals surface area contributed by atoms with Gasteiger partial charge in [0.15, 0.2) is 0 Å². The number of amides is 1. The van der Waals surface area contributed by atoms with Crippen molar-refractivity contribution in [3.63, 3.8) is 0 Å². The van der Waals surface area contributed by atoms with E-state index in [4.69, 9.17) is 4.74 Å². The molecule has 0 saturated carbocycles. The average Bonchev–Trinajstić information content (AvgIpc) is 3.15. The first-order valence-electron chi connectivity index (χ1n) is 8.75. The third-order valence-electron chi connectivity index (χ3n) is 3.93. The van der Waals surface area contributed by atoms with Gasteiger partial charge in [-0.05, 0) is 37.1 Å². The van der Waals surface area contributed by atoms with Crippen LogP contribution in [-0.2, 0) is 0 Å². The molecule has 0 unspecified atom stereocenters. The lowest BCUT2D eigenvalue weighted by Crippen LogP contribution is -2.12. The van der Waals surface area contributed by atoms with E-state index in [9.17, 15) is 4.79 Å². The van der Waals surface area contributed by atoms with Crippen LogP contribution in [0, 0.1) is 12.8 Å². The molecule has 1 aromatic carbocycles. The van der Waals surface area contributed by atoms with Crippen LogP contribution in [0.25, 0.3) is 4.96 Å². The summed E-state index contributed by atoms with van der Waals surface area (Å²) in [5, 5.41) is 11.4. The second kappa shape index (κ2) is 7.45. The fourth-order valence-corrected chi connectivity index (χ4v) is 3.57. The Bertz CT molecular complexity index is 910. The van der Waals surface area contributed by atoms with E-state index < -0.39 is 0 Å². The Kier molecular flexibility index (Phi) is 5.27. The Morgan fingerprint density at radius 1 is 1.19 bits per heavy atom. The molecule has 0 bridgehead atoms. The van der Waals surface area contributed by atoms with E-state index in [0.29, 0.717) is 17.4 Å². The normalized spacial score (nSPS) is 11.5. The van der Waals surface area contributed by atoms with E-state index in [1.165, 1.54) is 11.3 Å². The number of nitrogens with zero attached hydrogens (tertiary/aromatic N) is 3. The first-order valence-corrected chi connectivity index (χ1v) is 9.57. The predicted molar refractivity (Wildman–Crippen MR) is 104 cm³/mol. The molecular formula is C19H24N4O2S. The van der Waals surface area contributed by atoms with Gasteiger partial charge in [0.1, 0.15) is 16.5 Å². The number of hydrogen-bond donors (Lipinski definition) is 1. The highest BCUT2D eigenvalue weighted by atomic mass is 32.1. The molecule has 0 aliphatic rings. The highest BCUT2D eigenvalue weighted by molar-refractivity contribution is 7.19. The van der Waals surface area contributed by atoms with Crippen molar-refractivity contribution in [3.8, 4) is 5.75 Å². The molecule has 0 spiro atoms. The molecule has 2 aromatic heterocycles. The number of nitrogens with one attached hydrogen (secondary N) is 1. The summed E-state index contributed by atoms with van der Waals surface area (Å²) in [6.45, 7) is 10.9. The minimum Gasteiger partial charge on any atom is -0.493 e. The number of thiazole rings is 1. The molecule has 3 rings (SSSR count). The van der Waals surface area contributed by atoms with E-state index in [2.05, 4.69) is 43.2 Å². The van der Waals surface area contributed by atoms with Gasteiger partial charge < -0.3 is 10.1 Å². The summed E-state index contributed by atoms with van der Waals surface area (Å²) in [6, 6.07) is 7.44. The van der Waals surface area contributed by atoms with Gasteiger partial charge in [0.25, 0.3) is 5.91 Å². The number of benzene rings is 1. The Labute approximate surface area is 157 Å². The first-order chi connectivity index (χ1) is 12.4. The molecule has 3 aromatic rings. The summed E-state index contributed by atoms with van der Waals surface area (Å²) in [5.74, 6) is 2.26. The Morgan fingerprint density at radius 2 is 1.88 bits per heavy atom. The zero-order valence-corrected chi connectivity index (χ0v) is 16.6. The van der Waals surface area contributed by atoms with Crippen molar-refractivity contribution in [1.29, 1.82) is 0 Å². The fraction of sp³-hybridized carbons (Fsp3) is 0.421. The van der Waals surface area contributed by atoms with Crippen molar-refractivity contribution in [1.82, 2.24) is 14.6 Å². The Morgan fingerprint density at radius 3 is 2.50 bits per heavy atom. The Hall–Kier alpha value is -2.41. The highest BCUT2D eigenvalue weighted by Gasteiger charge is 2.21. The molecule has 2 heterocycles. The lowest BCUT2D eigenvalue weighted by molar-refractivity contribution is 0.102. The number of fused-ring (bicyclic) bond motifs is 1. The van der Waals surface area contributed by atoms with Crippen LogP contribution in [0.1, 0.15) is 54.8 Å². The van der Waals surface area contributed by atoms with Gasteiger partial charge in [-0.3, -0.25) is 9.20 Å². The molecule has 6 nitrogen and oxygen atoms in total. The predicted octanol–water partition coefficient (Wildman–Crippen LogP) is 4.51. The molecule has 138 valence electrons. The maximum atomic E-state index is 12.7. The van der Waals surface area contributed by atoms with Crippen LogP contribution in [0.15, 0.2) is 24.3 Å². The van der Waals surface area contributed by atoms with Gasteiger partial charge >= 0.3 is 0 Å². The molecule has 0 aliphatic carbocycles. The SMILES string of the molecule is Cc1c(C(=O)Nc2ccc(OCC(C)C)cc2)sc2nnc(C(C)C)n12. The van der Waals surface area contributed by atoms with E-state index in [1.54, 1.807) is 0 Å². The van der Waals surface area contributed by atoms with Crippen LogP contribution in [0.5, 0.6) is 5.75 Å². The minimum atomic E-state index is -0.136. The van der Waals surface area contributed by atoms with Gasteiger partial charge in [-0.25, -0.2) is 0 Å². The summed E-state index contributed by atoms with van der Waals surface area (Å²) < 4.78 is 7.63. The zero-order chi connectivity index (χ0) is 18.8. The van der Waals surface area contributed by atoms with Gasteiger partial charge in [0, 0.05) is 17.3 Å². The van der Waals surface area contributed by atoms with Crippen LogP contribution in [0.3, 0.4) is 0 Å². The molecule has 7 heteroatoms. The third-order valence-corrected chi connectivity index (χ3v) is 5.07. The van der Waals surface area contributed by atoms with Gasteiger partial charge in [-0.15, -0.1) is 10.2 Å². The second-order valence-electron chi connectivity index (χ2n) is 7.03. The number of carbonyl (C=O) groups excluding carboxylic acids is 1. The number of ether oxygens (including phenoxy) is 1. The van der Waals surface area contributed by atoms with Crippen LogP contribution >= 0.6 is 11.3 Å². The van der Waals surface area contributed by atoms with Gasteiger partial charge in [-0.1, -0.05) is 39.0 Å². The lowest BCUT2D eigenvalue weighted by atomic mass is 10.2. The maximum Gasteiger partial charge on any atom is 0.267 e. The smallest absolute Gasteiger partial charge is 0.267 e. The van der Waals surface area contributed by atoms with Crippen molar-refractivity contribution >= 4 is 27.9 Å². The van der Waals surface area contributed by atoms with Gasteiger partial charge in [0.2, 0.25) is 4.96 Å². The van der Waals surface area contributed by atoms with Gasteiger partial charge in [-0.2, -0.15) is 0 Å². The number of aromatic nitrogens is 3. The molecule has 0 aliphatic heterocycles. The molecule has 0 radical (unpaired) electrons. The Balaban J connectivity index is 1.76. The minimum absolute atomic E-state index is 0.136. The van der Waals surface area contributed by atoms with Crippen LogP contribution in [0.2, 0.25) is 0 Å².